The minimum Gasteiger partial charge on any atom is -0.393 e. The molecule has 1 aliphatic heterocycles. The molecule has 1 aliphatic rings. The first kappa shape index (κ1) is 13.0. The van der Waals surface area contributed by atoms with Gasteiger partial charge in [0, 0.05) is 25.5 Å². The second kappa shape index (κ2) is 5.96. The number of nitrogens with zero attached hydrogens (tertiary/aromatic N) is 2. The molecule has 0 aliphatic carbocycles. The summed E-state index contributed by atoms with van der Waals surface area (Å²) in [4.78, 5) is 18.0. The number of aromatic nitrogens is 1. The summed E-state index contributed by atoms with van der Waals surface area (Å²) in [6.45, 7) is 3.35. The van der Waals surface area contributed by atoms with E-state index in [1.165, 1.54) is 0 Å². The fourth-order valence-corrected chi connectivity index (χ4v) is 2.42. The molecule has 0 aromatic carbocycles. The number of pyridine rings is 1. The molecule has 1 aromatic rings. The number of aliphatic hydroxyl groups is 1. The van der Waals surface area contributed by atoms with Crippen molar-refractivity contribution in [1.29, 1.82) is 0 Å². The number of amides is 1. The van der Waals surface area contributed by atoms with Gasteiger partial charge < -0.3 is 10.0 Å². The van der Waals surface area contributed by atoms with Crippen molar-refractivity contribution in [2.45, 2.75) is 32.3 Å². The Morgan fingerprint density at radius 2 is 2.28 bits per heavy atom. The molecule has 98 valence electrons. The van der Waals surface area contributed by atoms with Gasteiger partial charge in [-0.1, -0.05) is 6.07 Å². The van der Waals surface area contributed by atoms with Crippen molar-refractivity contribution >= 4 is 5.91 Å². The molecule has 2 rings (SSSR count). The molecule has 1 N–H and O–H groups in total. The normalized spacial score (nSPS) is 18.7. The largest absolute Gasteiger partial charge is 0.393 e. The molecule has 4 nitrogen and oxygen atoms in total. The Morgan fingerprint density at radius 1 is 1.56 bits per heavy atom. The number of carbonyl (C=O) groups excluding carboxylic acids is 1. The fourth-order valence-electron chi connectivity index (χ4n) is 2.42. The van der Waals surface area contributed by atoms with Gasteiger partial charge in [0.15, 0.2) is 0 Å². The van der Waals surface area contributed by atoms with Crippen LogP contribution in [0, 0.1) is 5.92 Å². The molecule has 1 unspecified atom stereocenters. The van der Waals surface area contributed by atoms with Crippen LogP contribution in [0.25, 0.3) is 0 Å². The van der Waals surface area contributed by atoms with Crippen molar-refractivity contribution in [1.82, 2.24) is 9.88 Å². The van der Waals surface area contributed by atoms with Gasteiger partial charge in [-0.2, -0.15) is 0 Å². The van der Waals surface area contributed by atoms with Gasteiger partial charge >= 0.3 is 0 Å². The van der Waals surface area contributed by atoms with Crippen LogP contribution in [0.5, 0.6) is 0 Å². The highest BCUT2D eigenvalue weighted by molar-refractivity contribution is 5.78. The maximum absolute atomic E-state index is 12.1. The summed E-state index contributed by atoms with van der Waals surface area (Å²) in [5, 5.41) is 9.53. The van der Waals surface area contributed by atoms with Crippen molar-refractivity contribution in [2.24, 2.45) is 5.92 Å². The van der Waals surface area contributed by atoms with Crippen LogP contribution < -0.4 is 0 Å². The molecule has 1 fully saturated rings. The van der Waals surface area contributed by atoms with Gasteiger partial charge in [0.1, 0.15) is 0 Å². The molecule has 0 spiro atoms. The zero-order chi connectivity index (χ0) is 13.0. The van der Waals surface area contributed by atoms with Crippen LogP contribution in [0.2, 0.25) is 0 Å². The Balaban J connectivity index is 1.85. The molecule has 1 amide bonds. The van der Waals surface area contributed by atoms with Crippen LogP contribution in [0.15, 0.2) is 24.5 Å². The van der Waals surface area contributed by atoms with Gasteiger partial charge in [0.2, 0.25) is 5.91 Å². The Kier molecular flexibility index (Phi) is 4.31. The van der Waals surface area contributed by atoms with E-state index in [1.807, 2.05) is 24.0 Å². The van der Waals surface area contributed by atoms with E-state index < -0.39 is 0 Å². The van der Waals surface area contributed by atoms with Crippen molar-refractivity contribution in [3.05, 3.63) is 30.1 Å². The van der Waals surface area contributed by atoms with Crippen LogP contribution >= 0.6 is 0 Å². The maximum Gasteiger partial charge on any atom is 0.227 e. The molecule has 0 saturated carbocycles. The highest BCUT2D eigenvalue weighted by atomic mass is 16.3. The highest BCUT2D eigenvalue weighted by Crippen LogP contribution is 2.20. The molecule has 18 heavy (non-hydrogen) atoms. The van der Waals surface area contributed by atoms with E-state index in [2.05, 4.69) is 4.98 Å². The number of piperidine rings is 1. The van der Waals surface area contributed by atoms with E-state index >= 15 is 0 Å². The number of likely N-dealkylation sites (tertiary alicyclic amines) is 1. The van der Waals surface area contributed by atoms with Crippen LogP contribution in [-0.2, 0) is 11.2 Å². The summed E-state index contributed by atoms with van der Waals surface area (Å²) in [6, 6.07) is 3.77. The van der Waals surface area contributed by atoms with Crippen LogP contribution in [0.1, 0.15) is 25.3 Å². The van der Waals surface area contributed by atoms with Gasteiger partial charge in [-0.05, 0) is 37.3 Å². The van der Waals surface area contributed by atoms with Crippen LogP contribution in [0.4, 0.5) is 0 Å². The summed E-state index contributed by atoms with van der Waals surface area (Å²) >= 11 is 0. The molecule has 4 heteroatoms. The first-order valence-electron chi connectivity index (χ1n) is 6.51. The minimum atomic E-state index is -0.263. The third-order valence-electron chi connectivity index (χ3n) is 3.65. The number of hydrogen-bond acceptors (Lipinski definition) is 3. The van der Waals surface area contributed by atoms with E-state index in [0.29, 0.717) is 12.3 Å². The summed E-state index contributed by atoms with van der Waals surface area (Å²) in [7, 11) is 0. The minimum absolute atomic E-state index is 0.159. The standard InChI is InChI=1S/C14H20N2O2/c1-11(17)13-4-7-16(8-5-13)14(18)9-12-3-2-6-15-10-12/h2-3,6,10-11,13,17H,4-5,7-9H2,1H3. The van der Waals surface area contributed by atoms with Crippen molar-refractivity contribution in [3.8, 4) is 0 Å². The first-order valence-corrected chi connectivity index (χ1v) is 6.51. The van der Waals surface area contributed by atoms with E-state index in [4.69, 9.17) is 0 Å². The van der Waals surface area contributed by atoms with Gasteiger partial charge in [0.05, 0.1) is 12.5 Å². The van der Waals surface area contributed by atoms with E-state index in [-0.39, 0.29) is 12.0 Å². The lowest BCUT2D eigenvalue weighted by Gasteiger charge is -2.33. The van der Waals surface area contributed by atoms with Gasteiger partial charge in [0.25, 0.3) is 0 Å². The lowest BCUT2D eigenvalue weighted by atomic mass is 9.92. The predicted molar refractivity (Wildman–Crippen MR) is 68.9 cm³/mol. The van der Waals surface area contributed by atoms with Gasteiger partial charge in [-0.3, -0.25) is 9.78 Å². The van der Waals surface area contributed by atoms with E-state index in [9.17, 15) is 9.90 Å². The molecule has 0 bridgehead atoms. The first-order chi connectivity index (χ1) is 8.66. The molecule has 1 atom stereocenters. The maximum atomic E-state index is 12.1. The lowest BCUT2D eigenvalue weighted by Crippen LogP contribution is -2.41. The average molecular weight is 248 g/mol. The summed E-state index contributed by atoms with van der Waals surface area (Å²) in [5.74, 6) is 0.500. The van der Waals surface area contributed by atoms with E-state index in [1.54, 1.807) is 12.4 Å². The SMILES string of the molecule is CC(O)C1CCN(C(=O)Cc2cccnc2)CC1. The summed E-state index contributed by atoms with van der Waals surface area (Å²) < 4.78 is 0. The molecular formula is C14H20N2O2. The second-order valence-corrected chi connectivity index (χ2v) is 5.00. The Hall–Kier alpha value is -1.42. The van der Waals surface area contributed by atoms with Crippen molar-refractivity contribution in [3.63, 3.8) is 0 Å². The quantitative estimate of drug-likeness (QED) is 0.875. The number of hydrogen-bond donors (Lipinski definition) is 1. The van der Waals surface area contributed by atoms with Crippen LogP contribution in [-0.4, -0.2) is 40.1 Å². The van der Waals surface area contributed by atoms with Crippen molar-refractivity contribution in [2.75, 3.05) is 13.1 Å². The molecular weight excluding hydrogens is 228 g/mol. The Labute approximate surface area is 108 Å². The monoisotopic (exact) mass is 248 g/mol. The molecule has 1 saturated heterocycles. The fraction of sp³-hybridized carbons (Fsp3) is 0.571. The summed E-state index contributed by atoms with van der Waals surface area (Å²) in [6.07, 6.45) is 5.41. The van der Waals surface area contributed by atoms with Gasteiger partial charge in [-0.15, -0.1) is 0 Å². The highest BCUT2D eigenvalue weighted by Gasteiger charge is 2.25. The third kappa shape index (κ3) is 3.29. The Bertz CT molecular complexity index is 384. The van der Waals surface area contributed by atoms with Crippen LogP contribution in [0.3, 0.4) is 0 Å². The topological polar surface area (TPSA) is 53.4 Å². The third-order valence-corrected chi connectivity index (χ3v) is 3.65. The van der Waals surface area contributed by atoms with Crippen molar-refractivity contribution < 1.29 is 9.90 Å². The number of carbonyl (C=O) groups is 1. The number of rotatable bonds is 3. The predicted octanol–water partition coefficient (Wildman–Crippen LogP) is 1.24. The average Bonchev–Trinajstić information content (AvgIpc) is 2.40. The number of aliphatic hydroxyl groups excluding tert-OH is 1. The lowest BCUT2D eigenvalue weighted by molar-refractivity contribution is -0.132. The smallest absolute Gasteiger partial charge is 0.227 e. The zero-order valence-corrected chi connectivity index (χ0v) is 10.7. The molecule has 2 heterocycles. The summed E-state index contributed by atoms with van der Waals surface area (Å²) in [5.41, 5.74) is 0.958. The molecule has 1 aromatic heterocycles. The zero-order valence-electron chi connectivity index (χ0n) is 10.7. The van der Waals surface area contributed by atoms with Gasteiger partial charge in [-0.25, -0.2) is 0 Å². The second-order valence-electron chi connectivity index (χ2n) is 5.00. The molecule has 0 radical (unpaired) electrons. The van der Waals surface area contributed by atoms with E-state index in [0.717, 1.165) is 31.5 Å². The Morgan fingerprint density at radius 3 is 2.83 bits per heavy atom.